The highest BCUT2D eigenvalue weighted by molar-refractivity contribution is 7.86. The van der Waals surface area contributed by atoms with E-state index in [1.54, 1.807) is 8.61 Å². The number of carbonyl (C=O) groups excluding carboxylic acids is 1. The van der Waals surface area contributed by atoms with E-state index < -0.39 is 10.2 Å². The highest BCUT2D eigenvalue weighted by atomic mass is 32.2. The zero-order valence-electron chi connectivity index (χ0n) is 16.6. The summed E-state index contributed by atoms with van der Waals surface area (Å²) in [5.74, 6) is 0.453. The molecule has 0 N–H and O–H groups in total. The number of amides is 1. The first kappa shape index (κ1) is 19.8. The van der Waals surface area contributed by atoms with Gasteiger partial charge in [0, 0.05) is 58.8 Å². The van der Waals surface area contributed by atoms with Crippen molar-refractivity contribution in [2.24, 2.45) is 0 Å². The van der Waals surface area contributed by atoms with Gasteiger partial charge in [-0.1, -0.05) is 24.3 Å². The Morgan fingerprint density at radius 1 is 0.964 bits per heavy atom. The Kier molecular flexibility index (Phi) is 5.73. The molecule has 3 aliphatic rings. The molecule has 1 amide bonds. The second kappa shape index (κ2) is 8.10. The summed E-state index contributed by atoms with van der Waals surface area (Å²) in [6, 6.07) is 8.40. The van der Waals surface area contributed by atoms with E-state index >= 15 is 0 Å². The molecule has 0 bridgehead atoms. The van der Waals surface area contributed by atoms with Gasteiger partial charge in [0.15, 0.2) is 0 Å². The van der Waals surface area contributed by atoms with Crippen LogP contribution >= 0.6 is 0 Å². The fourth-order valence-electron chi connectivity index (χ4n) is 4.55. The summed E-state index contributed by atoms with van der Waals surface area (Å²) in [6.07, 6.45) is 2.61. The van der Waals surface area contributed by atoms with Crippen LogP contribution in [0.25, 0.3) is 0 Å². The van der Waals surface area contributed by atoms with Gasteiger partial charge in [0.05, 0.1) is 0 Å². The van der Waals surface area contributed by atoms with E-state index in [-0.39, 0.29) is 5.91 Å². The summed E-state index contributed by atoms with van der Waals surface area (Å²) < 4.78 is 28.9. The Morgan fingerprint density at radius 3 is 2.25 bits per heavy atom. The molecule has 1 aliphatic carbocycles. The molecule has 1 aromatic rings. The zero-order chi connectivity index (χ0) is 19.7. The second-order valence-corrected chi connectivity index (χ2v) is 10.1. The van der Waals surface area contributed by atoms with Crippen molar-refractivity contribution in [3.8, 4) is 0 Å². The molecular formula is C20H30N4O3S. The van der Waals surface area contributed by atoms with Crippen molar-refractivity contribution in [2.45, 2.75) is 25.2 Å². The van der Waals surface area contributed by atoms with Crippen LogP contribution in [0.2, 0.25) is 0 Å². The van der Waals surface area contributed by atoms with Gasteiger partial charge < -0.3 is 9.80 Å². The van der Waals surface area contributed by atoms with Gasteiger partial charge in [-0.15, -0.1) is 0 Å². The van der Waals surface area contributed by atoms with Gasteiger partial charge in [0.2, 0.25) is 5.91 Å². The molecule has 2 heterocycles. The number of nitrogens with zero attached hydrogens (tertiary/aromatic N) is 4. The highest BCUT2D eigenvalue weighted by Crippen LogP contribution is 2.35. The van der Waals surface area contributed by atoms with Crippen LogP contribution in [0.3, 0.4) is 0 Å². The molecule has 8 heteroatoms. The van der Waals surface area contributed by atoms with Crippen molar-refractivity contribution in [1.82, 2.24) is 18.4 Å². The quantitative estimate of drug-likeness (QED) is 0.740. The number of carbonyl (C=O) groups is 1. The lowest BCUT2D eigenvalue weighted by Gasteiger charge is -2.39. The number of benzene rings is 1. The molecule has 4 rings (SSSR count). The Hall–Kier alpha value is -1.48. The van der Waals surface area contributed by atoms with Crippen molar-refractivity contribution >= 4 is 16.1 Å². The van der Waals surface area contributed by atoms with Gasteiger partial charge in [-0.2, -0.15) is 17.0 Å². The smallest absolute Gasteiger partial charge is 0.282 e. The predicted octanol–water partition coefficient (Wildman–Crippen LogP) is 0.743. The van der Waals surface area contributed by atoms with Crippen molar-refractivity contribution in [1.29, 1.82) is 0 Å². The lowest BCUT2D eigenvalue weighted by Crippen LogP contribution is -2.57. The molecule has 7 nitrogen and oxygen atoms in total. The van der Waals surface area contributed by atoms with Crippen LogP contribution in [-0.2, 0) is 21.4 Å². The van der Waals surface area contributed by atoms with E-state index in [0.717, 1.165) is 25.9 Å². The fraction of sp³-hybridized carbons (Fsp3) is 0.650. The number of aryl methyl sites for hydroxylation is 1. The lowest BCUT2D eigenvalue weighted by atomic mass is 9.97. The van der Waals surface area contributed by atoms with Gasteiger partial charge in [0.1, 0.15) is 0 Å². The van der Waals surface area contributed by atoms with Crippen LogP contribution in [0.4, 0.5) is 0 Å². The predicted molar refractivity (Wildman–Crippen MR) is 108 cm³/mol. The van der Waals surface area contributed by atoms with Gasteiger partial charge in [-0.3, -0.25) is 4.79 Å². The Labute approximate surface area is 168 Å². The van der Waals surface area contributed by atoms with E-state index in [4.69, 9.17) is 0 Å². The third-order valence-corrected chi connectivity index (χ3v) is 8.42. The Balaban J connectivity index is 1.31. The van der Waals surface area contributed by atoms with Crippen LogP contribution in [0.15, 0.2) is 24.3 Å². The third-order valence-electron chi connectivity index (χ3n) is 6.38. The normalized spacial score (nSPS) is 25.0. The van der Waals surface area contributed by atoms with Crippen LogP contribution in [0, 0.1) is 0 Å². The minimum atomic E-state index is -3.42. The minimum absolute atomic E-state index is 0.151. The first-order chi connectivity index (χ1) is 13.4. The second-order valence-electron chi connectivity index (χ2n) is 8.13. The summed E-state index contributed by atoms with van der Waals surface area (Å²) in [5, 5.41) is 0. The SMILES string of the molecule is CN1CCN(S(=O)(=O)N2CCN(C(=O)CC3CCc4ccccc43)CC2)CC1. The summed E-state index contributed by atoms with van der Waals surface area (Å²) in [7, 11) is -1.41. The first-order valence-corrected chi connectivity index (χ1v) is 11.6. The lowest BCUT2D eigenvalue weighted by molar-refractivity contribution is -0.132. The first-order valence-electron chi connectivity index (χ1n) is 10.2. The maximum atomic E-state index is 12.9. The highest BCUT2D eigenvalue weighted by Gasteiger charge is 2.35. The van der Waals surface area contributed by atoms with Gasteiger partial charge in [-0.05, 0) is 36.9 Å². The van der Waals surface area contributed by atoms with E-state index in [2.05, 4.69) is 23.1 Å². The molecule has 2 saturated heterocycles. The third kappa shape index (κ3) is 3.96. The molecule has 0 saturated carbocycles. The summed E-state index contributed by atoms with van der Waals surface area (Å²) >= 11 is 0. The number of likely N-dealkylation sites (N-methyl/N-ethyl adjacent to an activating group) is 1. The Bertz CT molecular complexity index is 812. The van der Waals surface area contributed by atoms with Crippen molar-refractivity contribution in [2.75, 3.05) is 59.4 Å². The maximum Gasteiger partial charge on any atom is 0.282 e. The molecule has 2 aliphatic heterocycles. The van der Waals surface area contributed by atoms with Gasteiger partial charge in [-0.25, -0.2) is 0 Å². The molecule has 0 radical (unpaired) electrons. The summed E-state index contributed by atoms with van der Waals surface area (Å²) in [6.45, 7) is 4.36. The topological polar surface area (TPSA) is 64.2 Å². The molecule has 1 unspecified atom stereocenters. The van der Waals surface area contributed by atoms with Crippen LogP contribution in [-0.4, -0.2) is 92.1 Å². The van der Waals surface area contributed by atoms with Crippen LogP contribution in [0.5, 0.6) is 0 Å². The number of hydrogen-bond donors (Lipinski definition) is 0. The number of hydrogen-bond acceptors (Lipinski definition) is 4. The molecule has 1 atom stereocenters. The molecule has 2 fully saturated rings. The Morgan fingerprint density at radius 2 is 1.57 bits per heavy atom. The van der Waals surface area contributed by atoms with Crippen LogP contribution in [0.1, 0.15) is 29.9 Å². The van der Waals surface area contributed by atoms with Crippen molar-refractivity contribution < 1.29 is 13.2 Å². The van der Waals surface area contributed by atoms with E-state index in [9.17, 15) is 13.2 Å². The summed E-state index contributed by atoms with van der Waals surface area (Å²) in [4.78, 5) is 16.8. The molecule has 154 valence electrons. The number of rotatable bonds is 4. The zero-order valence-corrected chi connectivity index (χ0v) is 17.4. The van der Waals surface area contributed by atoms with E-state index in [0.29, 0.717) is 51.6 Å². The molecule has 0 spiro atoms. The monoisotopic (exact) mass is 406 g/mol. The fourth-order valence-corrected chi connectivity index (χ4v) is 6.12. The van der Waals surface area contributed by atoms with E-state index in [1.807, 2.05) is 18.0 Å². The van der Waals surface area contributed by atoms with Crippen molar-refractivity contribution in [3.63, 3.8) is 0 Å². The maximum absolute atomic E-state index is 12.9. The number of fused-ring (bicyclic) bond motifs is 1. The van der Waals surface area contributed by atoms with Crippen molar-refractivity contribution in [3.05, 3.63) is 35.4 Å². The summed E-state index contributed by atoms with van der Waals surface area (Å²) in [5.41, 5.74) is 2.68. The number of piperazine rings is 2. The molecule has 1 aromatic carbocycles. The van der Waals surface area contributed by atoms with Gasteiger partial charge in [0.25, 0.3) is 10.2 Å². The standard InChI is InChI=1S/C20H30N4O3S/c1-21-8-12-23(13-9-21)28(26,27)24-14-10-22(11-15-24)20(25)16-18-7-6-17-4-2-3-5-19(17)18/h2-5,18H,6-16H2,1H3. The molecule has 28 heavy (non-hydrogen) atoms. The average Bonchev–Trinajstić information content (AvgIpc) is 3.11. The van der Waals surface area contributed by atoms with Gasteiger partial charge >= 0.3 is 0 Å². The largest absolute Gasteiger partial charge is 0.340 e. The average molecular weight is 407 g/mol. The molecular weight excluding hydrogens is 376 g/mol. The van der Waals surface area contributed by atoms with E-state index in [1.165, 1.54) is 11.1 Å². The minimum Gasteiger partial charge on any atom is -0.340 e. The molecule has 0 aromatic heterocycles. The van der Waals surface area contributed by atoms with Crippen LogP contribution < -0.4 is 0 Å².